The molecule has 0 aliphatic rings. The summed E-state index contributed by atoms with van der Waals surface area (Å²) in [6.07, 6.45) is 1.55. The highest BCUT2D eigenvalue weighted by atomic mass is 16.6. The molecule has 1 unspecified atom stereocenters. The second-order valence-corrected chi connectivity index (χ2v) is 4.37. The van der Waals surface area contributed by atoms with Crippen LogP contribution in [0.25, 0.3) is 0 Å². The molecule has 0 aliphatic carbocycles. The molecule has 1 aromatic rings. The number of nitrogens with two attached hydrogens (primary N) is 1. The van der Waals surface area contributed by atoms with E-state index in [2.05, 4.69) is 10.3 Å². The van der Waals surface area contributed by atoms with E-state index in [1.807, 2.05) is 13.8 Å². The number of nitro groups is 1. The number of nitrogens with one attached hydrogen (secondary N) is 1. The van der Waals surface area contributed by atoms with E-state index < -0.39 is 4.92 Å². The van der Waals surface area contributed by atoms with Crippen LogP contribution in [0, 0.1) is 23.0 Å². The van der Waals surface area contributed by atoms with Crippen molar-refractivity contribution < 1.29 is 4.92 Å². The Morgan fingerprint density at radius 3 is 2.76 bits per heavy atom. The predicted octanol–water partition coefficient (Wildman–Crippen LogP) is 1.69. The van der Waals surface area contributed by atoms with Gasteiger partial charge in [0.1, 0.15) is 0 Å². The Morgan fingerprint density at radius 2 is 2.24 bits per heavy atom. The summed E-state index contributed by atoms with van der Waals surface area (Å²) in [5, 5.41) is 13.9. The molecule has 0 fully saturated rings. The first-order valence-electron chi connectivity index (χ1n) is 5.53. The molecule has 94 valence electrons. The van der Waals surface area contributed by atoms with Crippen molar-refractivity contribution in [3.05, 3.63) is 27.9 Å². The van der Waals surface area contributed by atoms with Crippen molar-refractivity contribution in [3.8, 4) is 0 Å². The van der Waals surface area contributed by atoms with Crippen LogP contribution in [0.5, 0.6) is 0 Å². The second kappa shape index (κ2) is 5.58. The van der Waals surface area contributed by atoms with Crippen molar-refractivity contribution in [1.82, 2.24) is 4.98 Å². The van der Waals surface area contributed by atoms with Crippen molar-refractivity contribution in [3.63, 3.8) is 0 Å². The Balaban J connectivity index is 2.84. The Morgan fingerprint density at radius 1 is 1.59 bits per heavy atom. The second-order valence-electron chi connectivity index (χ2n) is 4.37. The summed E-state index contributed by atoms with van der Waals surface area (Å²) in [5.74, 6) is 0.595. The minimum Gasteiger partial charge on any atom is -0.363 e. The van der Waals surface area contributed by atoms with E-state index >= 15 is 0 Å². The minimum atomic E-state index is -0.425. The van der Waals surface area contributed by atoms with E-state index in [0.29, 0.717) is 18.0 Å². The summed E-state index contributed by atoms with van der Waals surface area (Å²) in [4.78, 5) is 14.5. The first kappa shape index (κ1) is 13.4. The van der Waals surface area contributed by atoms with Gasteiger partial charge in [-0.1, -0.05) is 13.8 Å². The molecule has 17 heavy (non-hydrogen) atoms. The monoisotopic (exact) mass is 238 g/mol. The van der Waals surface area contributed by atoms with Crippen molar-refractivity contribution >= 4 is 11.5 Å². The number of hydrogen-bond acceptors (Lipinski definition) is 5. The Labute approximate surface area is 100 Å². The van der Waals surface area contributed by atoms with Crippen molar-refractivity contribution in [2.24, 2.45) is 11.7 Å². The van der Waals surface area contributed by atoms with Gasteiger partial charge in [-0.15, -0.1) is 0 Å². The van der Waals surface area contributed by atoms with Crippen LogP contribution >= 0.6 is 0 Å². The van der Waals surface area contributed by atoms with Gasteiger partial charge in [0.2, 0.25) is 5.82 Å². The van der Waals surface area contributed by atoms with Gasteiger partial charge in [0.25, 0.3) is 0 Å². The summed E-state index contributed by atoms with van der Waals surface area (Å²) in [5.41, 5.74) is 6.47. The van der Waals surface area contributed by atoms with Crippen LogP contribution in [0.3, 0.4) is 0 Å². The molecule has 1 atom stereocenters. The van der Waals surface area contributed by atoms with Crippen LogP contribution in [-0.4, -0.2) is 22.5 Å². The smallest absolute Gasteiger partial charge is 0.314 e. The van der Waals surface area contributed by atoms with Gasteiger partial charge in [-0.3, -0.25) is 10.1 Å². The fraction of sp³-hybridized carbons (Fsp3) is 0.545. The van der Waals surface area contributed by atoms with Gasteiger partial charge in [0, 0.05) is 24.3 Å². The molecule has 0 saturated heterocycles. The van der Waals surface area contributed by atoms with E-state index in [1.165, 1.54) is 0 Å². The normalized spacial score (nSPS) is 12.5. The molecule has 3 N–H and O–H groups in total. The van der Waals surface area contributed by atoms with Crippen molar-refractivity contribution in [2.45, 2.75) is 26.8 Å². The first-order chi connectivity index (χ1) is 7.93. The number of pyridine rings is 1. The van der Waals surface area contributed by atoms with E-state index in [1.54, 1.807) is 19.2 Å². The highest BCUT2D eigenvalue weighted by Gasteiger charge is 2.19. The van der Waals surface area contributed by atoms with Gasteiger partial charge in [0.05, 0.1) is 4.92 Å². The Hall–Kier alpha value is -1.69. The molecule has 1 rings (SSSR count). The van der Waals surface area contributed by atoms with Gasteiger partial charge in [-0.25, -0.2) is 4.98 Å². The predicted molar refractivity (Wildman–Crippen MR) is 66.9 cm³/mol. The van der Waals surface area contributed by atoms with Gasteiger partial charge < -0.3 is 11.1 Å². The lowest BCUT2D eigenvalue weighted by atomic mass is 10.1. The maximum atomic E-state index is 10.9. The average Bonchev–Trinajstić information content (AvgIpc) is 2.24. The molecule has 0 amide bonds. The molecule has 6 nitrogen and oxygen atoms in total. The van der Waals surface area contributed by atoms with Gasteiger partial charge in [-0.2, -0.15) is 0 Å². The molecule has 0 radical (unpaired) electrons. The van der Waals surface area contributed by atoms with Crippen molar-refractivity contribution in [1.29, 1.82) is 0 Å². The third kappa shape index (κ3) is 3.39. The molecular formula is C11H18N4O2. The zero-order chi connectivity index (χ0) is 13.0. The third-order valence-corrected chi connectivity index (χ3v) is 2.67. The van der Waals surface area contributed by atoms with Crippen molar-refractivity contribution in [2.75, 3.05) is 11.9 Å². The Kier molecular flexibility index (Phi) is 4.39. The zero-order valence-electron chi connectivity index (χ0n) is 10.3. The highest BCUT2D eigenvalue weighted by Crippen LogP contribution is 2.25. The molecule has 0 saturated carbocycles. The van der Waals surface area contributed by atoms with Crippen LogP contribution in [0.15, 0.2) is 12.3 Å². The summed E-state index contributed by atoms with van der Waals surface area (Å²) in [6, 6.07) is 1.56. The van der Waals surface area contributed by atoms with E-state index in [0.717, 1.165) is 0 Å². The quantitative estimate of drug-likeness (QED) is 0.601. The summed E-state index contributed by atoms with van der Waals surface area (Å²) >= 11 is 0. The van der Waals surface area contributed by atoms with Gasteiger partial charge in [-0.05, 0) is 18.9 Å². The number of nitrogens with zero attached hydrogens (tertiary/aromatic N) is 2. The molecule has 0 bridgehead atoms. The van der Waals surface area contributed by atoms with Crippen LogP contribution in [0.1, 0.15) is 19.4 Å². The lowest BCUT2D eigenvalue weighted by Crippen LogP contribution is -2.34. The van der Waals surface area contributed by atoms with E-state index in [4.69, 9.17) is 5.73 Å². The SMILES string of the molecule is Cc1ccnc(NCC(N)C(C)C)c1[N+](=O)[O-]. The largest absolute Gasteiger partial charge is 0.363 e. The molecular weight excluding hydrogens is 220 g/mol. The molecule has 0 aliphatic heterocycles. The summed E-state index contributed by atoms with van der Waals surface area (Å²) < 4.78 is 0. The van der Waals surface area contributed by atoms with Crippen LogP contribution in [0.2, 0.25) is 0 Å². The highest BCUT2D eigenvalue weighted by molar-refractivity contribution is 5.59. The number of rotatable bonds is 5. The summed E-state index contributed by atoms with van der Waals surface area (Å²) in [7, 11) is 0. The summed E-state index contributed by atoms with van der Waals surface area (Å²) in [6.45, 7) is 6.16. The number of anilines is 1. The lowest BCUT2D eigenvalue weighted by molar-refractivity contribution is -0.384. The molecule has 1 heterocycles. The van der Waals surface area contributed by atoms with Crippen LogP contribution in [-0.2, 0) is 0 Å². The standard InChI is InChI=1S/C11H18N4O2/c1-7(2)9(12)6-14-11-10(15(16)17)8(3)4-5-13-11/h4-5,7,9H,6,12H2,1-3H3,(H,13,14). The maximum Gasteiger partial charge on any atom is 0.314 e. The van der Waals surface area contributed by atoms with Crippen LogP contribution in [0.4, 0.5) is 11.5 Å². The number of hydrogen-bond donors (Lipinski definition) is 2. The fourth-order valence-corrected chi connectivity index (χ4v) is 1.36. The fourth-order valence-electron chi connectivity index (χ4n) is 1.36. The Bertz CT molecular complexity index is 406. The maximum absolute atomic E-state index is 10.9. The van der Waals surface area contributed by atoms with E-state index in [-0.39, 0.29) is 17.5 Å². The molecule has 0 spiro atoms. The number of aryl methyl sites for hydroxylation is 1. The zero-order valence-corrected chi connectivity index (χ0v) is 10.3. The number of aromatic nitrogens is 1. The molecule has 1 aromatic heterocycles. The lowest BCUT2D eigenvalue weighted by Gasteiger charge is -2.16. The molecule has 0 aromatic carbocycles. The van der Waals surface area contributed by atoms with Gasteiger partial charge in [0.15, 0.2) is 0 Å². The topological polar surface area (TPSA) is 94.1 Å². The van der Waals surface area contributed by atoms with Crippen LogP contribution < -0.4 is 11.1 Å². The molecule has 6 heteroatoms. The minimum absolute atomic E-state index is 0.0171. The van der Waals surface area contributed by atoms with E-state index in [9.17, 15) is 10.1 Å². The third-order valence-electron chi connectivity index (χ3n) is 2.67. The average molecular weight is 238 g/mol. The first-order valence-corrected chi connectivity index (χ1v) is 5.53. The van der Waals surface area contributed by atoms with Gasteiger partial charge >= 0.3 is 5.69 Å².